The van der Waals surface area contributed by atoms with Gasteiger partial charge in [-0.05, 0) is 28.1 Å². The van der Waals surface area contributed by atoms with Gasteiger partial charge in [0.25, 0.3) is 0 Å². The van der Waals surface area contributed by atoms with Gasteiger partial charge < -0.3 is 10.4 Å². The van der Waals surface area contributed by atoms with Crippen molar-refractivity contribution in [2.45, 2.75) is 11.7 Å². The zero-order chi connectivity index (χ0) is 14.7. The lowest BCUT2D eigenvalue weighted by molar-refractivity contribution is -0.138. The number of amidine groups is 1. The third-order valence-electron chi connectivity index (χ3n) is 2.31. The summed E-state index contributed by atoms with van der Waals surface area (Å²) in [6, 6.07) is 3.76. The van der Waals surface area contributed by atoms with Crippen LogP contribution in [-0.2, 0) is 9.59 Å². The number of aliphatic carboxylic acids is 1. The molecule has 0 saturated carbocycles. The van der Waals surface area contributed by atoms with Crippen LogP contribution in [0.25, 0.3) is 5.70 Å². The van der Waals surface area contributed by atoms with Crippen LogP contribution in [0.2, 0.25) is 0 Å². The zero-order valence-electron chi connectivity index (χ0n) is 10.1. The molecule has 1 aromatic rings. The monoisotopic (exact) mass is 375 g/mol. The summed E-state index contributed by atoms with van der Waals surface area (Å²) in [7, 11) is 0. The van der Waals surface area contributed by atoms with Crippen molar-refractivity contribution in [1.82, 2.24) is 10.7 Å². The lowest BCUT2D eigenvalue weighted by Gasteiger charge is -2.19. The molecule has 1 fully saturated rings. The van der Waals surface area contributed by atoms with Gasteiger partial charge in [0.15, 0.2) is 5.17 Å². The SMILES string of the molecule is C=C(N/N=C1\NC(=O)C[C@H](C(=O)O)S1)c1ccc(Br)s1. The highest BCUT2D eigenvalue weighted by molar-refractivity contribution is 9.11. The molecule has 0 bridgehead atoms. The molecule has 0 unspecified atom stereocenters. The molecule has 2 rings (SSSR count). The Morgan fingerprint density at radius 1 is 1.60 bits per heavy atom. The van der Waals surface area contributed by atoms with Crippen molar-refractivity contribution >= 4 is 61.8 Å². The number of halogens is 1. The number of carboxylic acids is 1. The van der Waals surface area contributed by atoms with E-state index in [2.05, 4.69) is 38.4 Å². The number of carboxylic acid groups (broad SMARTS) is 1. The van der Waals surface area contributed by atoms with Gasteiger partial charge in [-0.3, -0.25) is 15.0 Å². The summed E-state index contributed by atoms with van der Waals surface area (Å²) >= 11 is 5.83. The van der Waals surface area contributed by atoms with Crippen LogP contribution in [0.4, 0.5) is 0 Å². The van der Waals surface area contributed by atoms with Gasteiger partial charge in [0, 0.05) is 6.42 Å². The van der Waals surface area contributed by atoms with Gasteiger partial charge in [-0.25, -0.2) is 0 Å². The minimum Gasteiger partial charge on any atom is -0.480 e. The van der Waals surface area contributed by atoms with Crippen molar-refractivity contribution in [1.29, 1.82) is 0 Å². The highest BCUT2D eigenvalue weighted by Crippen LogP contribution is 2.26. The fraction of sp³-hybridized carbons (Fsp3) is 0.182. The third-order valence-corrected chi connectivity index (χ3v) is 5.06. The number of thioether (sulfide) groups is 1. The summed E-state index contributed by atoms with van der Waals surface area (Å²) in [5.41, 5.74) is 3.29. The first kappa shape index (κ1) is 15.1. The summed E-state index contributed by atoms with van der Waals surface area (Å²) in [4.78, 5) is 23.2. The second-order valence-electron chi connectivity index (χ2n) is 3.81. The van der Waals surface area contributed by atoms with Crippen molar-refractivity contribution in [3.63, 3.8) is 0 Å². The number of carbonyl (C=O) groups excluding carboxylic acids is 1. The fourth-order valence-corrected chi connectivity index (χ4v) is 3.57. The van der Waals surface area contributed by atoms with Crippen molar-refractivity contribution in [3.05, 3.63) is 27.4 Å². The Labute approximate surface area is 131 Å². The summed E-state index contributed by atoms with van der Waals surface area (Å²) < 4.78 is 0.967. The molecule has 20 heavy (non-hydrogen) atoms. The zero-order valence-corrected chi connectivity index (χ0v) is 13.3. The number of carbonyl (C=O) groups is 2. The molecule has 9 heteroatoms. The van der Waals surface area contributed by atoms with E-state index in [-0.39, 0.29) is 17.5 Å². The Morgan fingerprint density at radius 3 is 2.95 bits per heavy atom. The van der Waals surface area contributed by atoms with Gasteiger partial charge in [-0.1, -0.05) is 18.3 Å². The largest absolute Gasteiger partial charge is 0.480 e. The molecule has 1 aliphatic heterocycles. The van der Waals surface area contributed by atoms with E-state index in [0.717, 1.165) is 20.4 Å². The van der Waals surface area contributed by atoms with E-state index >= 15 is 0 Å². The van der Waals surface area contributed by atoms with Gasteiger partial charge >= 0.3 is 5.97 Å². The Kier molecular flexibility index (Phi) is 4.84. The van der Waals surface area contributed by atoms with E-state index in [1.54, 1.807) is 0 Å². The first-order valence-corrected chi connectivity index (χ1v) is 7.92. The summed E-state index contributed by atoms with van der Waals surface area (Å²) in [5.74, 6) is -1.39. The number of nitrogens with zero attached hydrogens (tertiary/aromatic N) is 1. The van der Waals surface area contributed by atoms with Crippen molar-refractivity contribution in [2.75, 3.05) is 0 Å². The summed E-state index contributed by atoms with van der Waals surface area (Å²) in [5, 5.41) is 14.8. The van der Waals surface area contributed by atoms with Crippen LogP contribution in [0.1, 0.15) is 11.3 Å². The number of hydrazone groups is 1. The minimum atomic E-state index is -1.03. The quantitative estimate of drug-likeness (QED) is 0.700. The van der Waals surface area contributed by atoms with E-state index in [4.69, 9.17) is 5.11 Å². The van der Waals surface area contributed by atoms with E-state index in [1.807, 2.05) is 12.1 Å². The van der Waals surface area contributed by atoms with E-state index < -0.39 is 11.2 Å². The van der Waals surface area contributed by atoms with Crippen LogP contribution in [0.15, 0.2) is 27.6 Å². The lowest BCUT2D eigenvalue weighted by Crippen LogP contribution is -2.40. The minimum absolute atomic E-state index is 0.0577. The first-order valence-electron chi connectivity index (χ1n) is 5.43. The second-order valence-corrected chi connectivity index (χ2v) is 7.46. The summed E-state index contributed by atoms with van der Waals surface area (Å²) in [6.07, 6.45) is -0.0577. The molecule has 0 radical (unpaired) electrons. The summed E-state index contributed by atoms with van der Waals surface area (Å²) in [6.45, 7) is 3.83. The Balaban J connectivity index is 2.01. The first-order chi connectivity index (χ1) is 9.45. The Morgan fingerprint density at radius 2 is 2.35 bits per heavy atom. The average Bonchev–Trinajstić information content (AvgIpc) is 2.82. The van der Waals surface area contributed by atoms with Gasteiger partial charge in [-0.15, -0.1) is 16.4 Å². The highest BCUT2D eigenvalue weighted by Gasteiger charge is 2.29. The van der Waals surface area contributed by atoms with Crippen LogP contribution in [0, 0.1) is 0 Å². The molecule has 0 aromatic carbocycles. The Bertz CT molecular complexity index is 599. The van der Waals surface area contributed by atoms with Crippen LogP contribution in [-0.4, -0.2) is 27.4 Å². The second kappa shape index (κ2) is 6.42. The smallest absolute Gasteiger partial charge is 0.317 e. The highest BCUT2D eigenvalue weighted by atomic mass is 79.9. The van der Waals surface area contributed by atoms with Gasteiger partial charge in [0.05, 0.1) is 14.4 Å². The molecule has 1 aromatic heterocycles. The molecule has 3 N–H and O–H groups in total. The maximum Gasteiger partial charge on any atom is 0.317 e. The van der Waals surface area contributed by atoms with E-state index in [1.165, 1.54) is 11.3 Å². The third kappa shape index (κ3) is 3.84. The number of hydrogen-bond donors (Lipinski definition) is 3. The van der Waals surface area contributed by atoms with Gasteiger partial charge in [0.1, 0.15) is 5.25 Å². The maximum atomic E-state index is 11.4. The predicted octanol–water partition coefficient (Wildman–Crippen LogP) is 2.05. The van der Waals surface area contributed by atoms with Gasteiger partial charge in [-0.2, -0.15) is 0 Å². The average molecular weight is 376 g/mol. The predicted molar refractivity (Wildman–Crippen MR) is 83.4 cm³/mol. The van der Waals surface area contributed by atoms with Crippen LogP contribution >= 0.6 is 39.0 Å². The normalized spacial score (nSPS) is 20.6. The topological polar surface area (TPSA) is 90.8 Å². The van der Waals surface area contributed by atoms with Gasteiger partial charge in [0.2, 0.25) is 5.91 Å². The number of amides is 1. The molecule has 1 atom stereocenters. The molecule has 106 valence electrons. The number of thiophene rings is 1. The number of nitrogens with one attached hydrogen (secondary N) is 2. The molecule has 1 amide bonds. The van der Waals surface area contributed by atoms with Crippen molar-refractivity contribution < 1.29 is 14.7 Å². The molecule has 1 aliphatic rings. The molecule has 1 saturated heterocycles. The van der Waals surface area contributed by atoms with Crippen LogP contribution in [0.5, 0.6) is 0 Å². The molecule has 0 aliphatic carbocycles. The molecule has 6 nitrogen and oxygen atoms in total. The van der Waals surface area contributed by atoms with Crippen LogP contribution < -0.4 is 10.7 Å². The van der Waals surface area contributed by atoms with Crippen molar-refractivity contribution in [3.8, 4) is 0 Å². The molecule has 2 heterocycles. The van der Waals surface area contributed by atoms with E-state index in [9.17, 15) is 9.59 Å². The van der Waals surface area contributed by atoms with E-state index in [0.29, 0.717) is 5.70 Å². The standard InChI is InChI=1S/C11H10BrN3O3S2/c1-5(6-2-3-8(12)19-6)14-15-11-13-9(16)4-7(20-11)10(17)18/h2-3,7,14H,1,4H2,(H,17,18)(H,13,15,16)/t7-/m1/s1. The lowest BCUT2D eigenvalue weighted by atomic mass is 10.3. The Hall–Kier alpha value is -1.32. The van der Waals surface area contributed by atoms with Crippen molar-refractivity contribution in [2.24, 2.45) is 5.10 Å². The number of rotatable bonds is 4. The number of hydrogen-bond acceptors (Lipinski definition) is 6. The fourth-order valence-electron chi connectivity index (χ4n) is 1.39. The molecular weight excluding hydrogens is 366 g/mol. The molecular formula is C11H10BrN3O3S2. The maximum absolute atomic E-state index is 11.4. The van der Waals surface area contributed by atoms with Crippen LogP contribution in [0.3, 0.4) is 0 Å². The molecule has 0 spiro atoms.